The first-order valence-corrected chi connectivity index (χ1v) is 8.72. The highest BCUT2D eigenvalue weighted by atomic mass is 32.2. The fraction of sp³-hybridized carbons (Fsp3) is 1.00. The summed E-state index contributed by atoms with van der Waals surface area (Å²) in [5.74, 6) is 1.32. The van der Waals surface area contributed by atoms with Crippen molar-refractivity contribution in [2.24, 2.45) is 5.41 Å². The molecule has 0 bridgehead atoms. The zero-order valence-corrected chi connectivity index (χ0v) is 13.2. The van der Waals surface area contributed by atoms with Crippen molar-refractivity contribution in [1.29, 1.82) is 0 Å². The van der Waals surface area contributed by atoms with E-state index in [0.717, 1.165) is 11.3 Å². The van der Waals surface area contributed by atoms with Crippen molar-refractivity contribution in [3.63, 3.8) is 0 Å². The second-order valence-electron chi connectivity index (χ2n) is 6.38. The van der Waals surface area contributed by atoms with Gasteiger partial charge in [-0.15, -0.1) is 0 Å². The zero-order valence-electron chi connectivity index (χ0n) is 12.4. The summed E-state index contributed by atoms with van der Waals surface area (Å²) in [5, 5.41) is 4.26. The molecule has 3 heteroatoms. The molecule has 0 aromatic heterocycles. The van der Waals surface area contributed by atoms with E-state index in [1.807, 2.05) is 0 Å². The molecule has 1 N–H and O–H groups in total. The molecule has 2 nitrogen and oxygen atoms in total. The van der Waals surface area contributed by atoms with Crippen LogP contribution in [-0.4, -0.2) is 48.6 Å². The van der Waals surface area contributed by atoms with E-state index in [1.165, 1.54) is 57.5 Å². The molecule has 0 amide bonds. The minimum atomic E-state index is 0.559. The first-order valence-electron chi connectivity index (χ1n) is 7.67. The van der Waals surface area contributed by atoms with Gasteiger partial charge in [0, 0.05) is 36.7 Å². The number of hydrogen-bond acceptors (Lipinski definition) is 3. The Balaban J connectivity index is 1.99. The molecule has 0 spiro atoms. The second-order valence-corrected chi connectivity index (χ2v) is 7.86. The SMILES string of the molecule is CNCC1(CN2CCSC(C)C2C)CCCCC1. The van der Waals surface area contributed by atoms with Crippen molar-refractivity contribution in [3.05, 3.63) is 0 Å². The van der Waals surface area contributed by atoms with E-state index in [4.69, 9.17) is 0 Å². The maximum absolute atomic E-state index is 3.46. The highest BCUT2D eigenvalue weighted by molar-refractivity contribution is 8.00. The van der Waals surface area contributed by atoms with Gasteiger partial charge in [-0.25, -0.2) is 0 Å². The third-order valence-corrected chi connectivity index (χ3v) is 6.36. The van der Waals surface area contributed by atoms with E-state index in [1.54, 1.807) is 0 Å². The van der Waals surface area contributed by atoms with E-state index in [-0.39, 0.29) is 0 Å². The van der Waals surface area contributed by atoms with Crippen LogP contribution in [0.4, 0.5) is 0 Å². The molecule has 2 rings (SSSR count). The predicted molar refractivity (Wildman–Crippen MR) is 82.4 cm³/mol. The lowest BCUT2D eigenvalue weighted by molar-refractivity contribution is 0.0824. The lowest BCUT2D eigenvalue weighted by Crippen LogP contribution is -2.52. The molecule has 106 valence electrons. The standard InChI is InChI=1S/C15H30N2S/c1-13-14(2)18-10-9-17(13)12-15(11-16-3)7-5-4-6-8-15/h13-14,16H,4-12H2,1-3H3. The van der Waals surface area contributed by atoms with Gasteiger partial charge in [0.25, 0.3) is 0 Å². The van der Waals surface area contributed by atoms with Crippen LogP contribution < -0.4 is 5.32 Å². The minimum Gasteiger partial charge on any atom is -0.319 e. The Morgan fingerprint density at radius 3 is 2.61 bits per heavy atom. The molecule has 2 fully saturated rings. The highest BCUT2D eigenvalue weighted by Gasteiger charge is 2.36. The van der Waals surface area contributed by atoms with Gasteiger partial charge in [-0.1, -0.05) is 26.2 Å². The van der Waals surface area contributed by atoms with Crippen LogP contribution in [0.1, 0.15) is 46.0 Å². The molecule has 1 aliphatic carbocycles. The molecule has 1 heterocycles. The predicted octanol–water partition coefficient (Wildman–Crippen LogP) is 2.98. The van der Waals surface area contributed by atoms with Gasteiger partial charge in [0.1, 0.15) is 0 Å². The van der Waals surface area contributed by atoms with Gasteiger partial charge >= 0.3 is 0 Å². The Hall–Kier alpha value is 0.270. The van der Waals surface area contributed by atoms with Crippen LogP contribution in [-0.2, 0) is 0 Å². The van der Waals surface area contributed by atoms with Gasteiger partial charge in [-0.05, 0) is 32.2 Å². The van der Waals surface area contributed by atoms with Gasteiger partial charge in [-0.2, -0.15) is 11.8 Å². The van der Waals surface area contributed by atoms with Crippen LogP contribution in [0.25, 0.3) is 0 Å². The van der Waals surface area contributed by atoms with E-state index in [9.17, 15) is 0 Å². The van der Waals surface area contributed by atoms with Gasteiger partial charge in [0.15, 0.2) is 0 Å². The molecule has 18 heavy (non-hydrogen) atoms. The third-order valence-electron chi connectivity index (χ3n) is 5.02. The van der Waals surface area contributed by atoms with Crippen LogP contribution in [0.5, 0.6) is 0 Å². The minimum absolute atomic E-state index is 0.559. The van der Waals surface area contributed by atoms with Crippen molar-refractivity contribution < 1.29 is 0 Å². The Labute approximate surface area is 117 Å². The quantitative estimate of drug-likeness (QED) is 0.845. The van der Waals surface area contributed by atoms with E-state index in [2.05, 4.69) is 42.9 Å². The van der Waals surface area contributed by atoms with Crippen LogP contribution in [0.2, 0.25) is 0 Å². The molecule has 1 saturated carbocycles. The summed E-state index contributed by atoms with van der Waals surface area (Å²) < 4.78 is 0. The number of hydrogen-bond donors (Lipinski definition) is 1. The van der Waals surface area contributed by atoms with Crippen LogP contribution >= 0.6 is 11.8 Å². The van der Waals surface area contributed by atoms with Crippen molar-refractivity contribution >= 4 is 11.8 Å². The maximum Gasteiger partial charge on any atom is 0.0184 e. The zero-order chi connectivity index (χ0) is 13.0. The maximum atomic E-state index is 3.46. The molecular weight excluding hydrogens is 240 g/mol. The molecule has 1 saturated heterocycles. The fourth-order valence-electron chi connectivity index (χ4n) is 3.72. The van der Waals surface area contributed by atoms with Crippen LogP contribution in [0.3, 0.4) is 0 Å². The normalized spacial score (nSPS) is 33.5. The van der Waals surface area contributed by atoms with Crippen LogP contribution in [0, 0.1) is 5.41 Å². The summed E-state index contributed by atoms with van der Waals surface area (Å²) >= 11 is 2.15. The van der Waals surface area contributed by atoms with Gasteiger partial charge in [0.2, 0.25) is 0 Å². The third kappa shape index (κ3) is 3.43. The molecule has 1 aliphatic heterocycles. The Kier molecular flexibility index (Phi) is 5.40. The summed E-state index contributed by atoms with van der Waals surface area (Å²) in [5.41, 5.74) is 0.559. The number of rotatable bonds is 4. The van der Waals surface area contributed by atoms with Gasteiger partial charge in [0.05, 0.1) is 0 Å². The lowest BCUT2D eigenvalue weighted by Gasteiger charge is -2.46. The highest BCUT2D eigenvalue weighted by Crippen LogP contribution is 2.38. The first kappa shape index (κ1) is 14.7. The molecule has 2 aliphatic rings. The van der Waals surface area contributed by atoms with Gasteiger partial charge < -0.3 is 5.32 Å². The average Bonchev–Trinajstić information content (AvgIpc) is 2.36. The van der Waals surface area contributed by atoms with E-state index in [0.29, 0.717) is 5.41 Å². The molecule has 0 radical (unpaired) electrons. The summed E-state index contributed by atoms with van der Waals surface area (Å²) in [4.78, 5) is 2.77. The Morgan fingerprint density at radius 1 is 1.22 bits per heavy atom. The summed E-state index contributed by atoms with van der Waals surface area (Å²) in [6.07, 6.45) is 7.19. The van der Waals surface area contributed by atoms with Crippen molar-refractivity contribution in [2.45, 2.75) is 57.2 Å². The van der Waals surface area contributed by atoms with E-state index >= 15 is 0 Å². The topological polar surface area (TPSA) is 15.3 Å². The Bertz CT molecular complexity index is 245. The number of nitrogens with zero attached hydrogens (tertiary/aromatic N) is 1. The van der Waals surface area contributed by atoms with Gasteiger partial charge in [-0.3, -0.25) is 4.90 Å². The second kappa shape index (κ2) is 6.62. The molecule has 2 atom stereocenters. The fourth-order valence-corrected chi connectivity index (χ4v) is 4.88. The number of nitrogens with one attached hydrogen (secondary N) is 1. The summed E-state index contributed by atoms with van der Waals surface area (Å²) in [6, 6.07) is 0.749. The van der Waals surface area contributed by atoms with E-state index < -0.39 is 0 Å². The monoisotopic (exact) mass is 270 g/mol. The lowest BCUT2D eigenvalue weighted by atomic mass is 9.73. The van der Waals surface area contributed by atoms with Crippen molar-refractivity contribution in [2.75, 3.05) is 32.4 Å². The van der Waals surface area contributed by atoms with Crippen LogP contribution in [0.15, 0.2) is 0 Å². The summed E-state index contributed by atoms with van der Waals surface area (Å²) in [7, 11) is 2.12. The molecular formula is C15H30N2S. The van der Waals surface area contributed by atoms with Crippen molar-refractivity contribution in [3.8, 4) is 0 Å². The number of thioether (sulfide) groups is 1. The molecule has 0 aromatic carbocycles. The average molecular weight is 270 g/mol. The smallest absolute Gasteiger partial charge is 0.0184 e. The first-order chi connectivity index (χ1) is 8.67. The molecule has 0 aromatic rings. The van der Waals surface area contributed by atoms with Crippen molar-refractivity contribution in [1.82, 2.24) is 10.2 Å². The summed E-state index contributed by atoms with van der Waals surface area (Å²) in [6.45, 7) is 8.64. The largest absolute Gasteiger partial charge is 0.319 e. The molecule has 2 unspecified atom stereocenters. The Morgan fingerprint density at radius 2 is 1.94 bits per heavy atom.